The lowest BCUT2D eigenvalue weighted by Gasteiger charge is -2.18. The largest absolute Gasteiger partial charge is 0.494 e. The lowest BCUT2D eigenvalue weighted by molar-refractivity contribution is 0.0785. The smallest absolute Gasteiger partial charge is 0.253 e. The van der Waals surface area contributed by atoms with Crippen LogP contribution >= 0.6 is 11.8 Å². The van der Waals surface area contributed by atoms with Crippen LogP contribution in [0.25, 0.3) is 0 Å². The number of carbonyl (C=O) groups is 1. The molecular formula is C18H20FNO2S. The van der Waals surface area contributed by atoms with Gasteiger partial charge in [0.25, 0.3) is 5.91 Å². The van der Waals surface area contributed by atoms with E-state index in [2.05, 4.69) is 0 Å². The molecule has 3 nitrogen and oxygen atoms in total. The van der Waals surface area contributed by atoms with Gasteiger partial charge in [-0.15, -0.1) is 0 Å². The second-order valence-corrected chi connectivity index (χ2v) is 6.13. The Morgan fingerprint density at radius 1 is 1.17 bits per heavy atom. The number of carbonyl (C=O) groups excluding carboxylic acids is 1. The molecule has 0 saturated carbocycles. The molecule has 0 radical (unpaired) electrons. The molecule has 1 amide bonds. The second kappa shape index (κ2) is 8.02. The van der Waals surface area contributed by atoms with Crippen molar-refractivity contribution in [3.63, 3.8) is 0 Å². The molecule has 0 heterocycles. The van der Waals surface area contributed by atoms with E-state index in [0.717, 1.165) is 11.3 Å². The summed E-state index contributed by atoms with van der Waals surface area (Å²) in [6.07, 6.45) is 2.04. The Morgan fingerprint density at radius 2 is 1.83 bits per heavy atom. The third-order valence-electron chi connectivity index (χ3n) is 3.49. The molecular weight excluding hydrogens is 313 g/mol. The van der Waals surface area contributed by atoms with Gasteiger partial charge in [0.05, 0.1) is 7.11 Å². The minimum absolute atomic E-state index is 0.0862. The molecule has 0 bridgehead atoms. The van der Waals surface area contributed by atoms with Crippen LogP contribution in [0, 0.1) is 5.82 Å². The van der Waals surface area contributed by atoms with E-state index in [1.165, 1.54) is 18.7 Å². The maximum Gasteiger partial charge on any atom is 0.253 e. The van der Waals surface area contributed by atoms with Gasteiger partial charge in [-0.2, -0.15) is 11.8 Å². The van der Waals surface area contributed by atoms with Crippen LogP contribution in [0.3, 0.4) is 0 Å². The fourth-order valence-electron chi connectivity index (χ4n) is 2.28. The summed E-state index contributed by atoms with van der Waals surface area (Å²) in [5, 5.41) is 0. The number of halogens is 1. The first kappa shape index (κ1) is 17.3. The fourth-order valence-corrected chi connectivity index (χ4v) is 2.81. The van der Waals surface area contributed by atoms with Crippen LogP contribution in [0.1, 0.15) is 21.5 Å². The number of ether oxygens (including phenoxy) is 1. The summed E-state index contributed by atoms with van der Waals surface area (Å²) in [4.78, 5) is 14.0. The Labute approximate surface area is 140 Å². The number of methoxy groups -OCH3 is 1. The van der Waals surface area contributed by atoms with Crippen LogP contribution in [0.5, 0.6) is 5.75 Å². The number of nitrogens with zero attached hydrogens (tertiary/aromatic N) is 1. The first-order valence-electron chi connectivity index (χ1n) is 7.21. The van der Waals surface area contributed by atoms with E-state index in [4.69, 9.17) is 4.74 Å². The third kappa shape index (κ3) is 4.48. The predicted octanol–water partition coefficient (Wildman–Crippen LogP) is 3.97. The first-order chi connectivity index (χ1) is 11.0. The monoisotopic (exact) mass is 333 g/mol. The van der Waals surface area contributed by atoms with Gasteiger partial charge in [-0.05, 0) is 41.6 Å². The molecule has 0 fully saturated rings. The SMILES string of the molecule is COc1ccc(CN(C)C(=O)c2ccc(CSC)cc2)cc1F. The van der Waals surface area contributed by atoms with Crippen LogP contribution in [-0.4, -0.2) is 31.2 Å². The van der Waals surface area contributed by atoms with Gasteiger partial charge in [0.15, 0.2) is 11.6 Å². The van der Waals surface area contributed by atoms with Crippen LogP contribution in [-0.2, 0) is 12.3 Å². The van der Waals surface area contributed by atoms with Crippen molar-refractivity contribution >= 4 is 17.7 Å². The molecule has 23 heavy (non-hydrogen) atoms. The van der Waals surface area contributed by atoms with E-state index in [1.54, 1.807) is 35.8 Å². The van der Waals surface area contributed by atoms with Crippen LogP contribution in [0.4, 0.5) is 4.39 Å². The zero-order valence-electron chi connectivity index (χ0n) is 13.5. The molecule has 0 aliphatic heterocycles. The molecule has 0 aliphatic carbocycles. The van der Waals surface area contributed by atoms with E-state index in [-0.39, 0.29) is 11.7 Å². The standard InChI is InChI=1S/C18H20FNO2S/c1-20(11-14-6-9-17(22-2)16(19)10-14)18(21)15-7-4-13(5-8-15)12-23-3/h4-10H,11-12H2,1-3H3. The summed E-state index contributed by atoms with van der Waals surface area (Å²) in [5.74, 6) is 0.617. The van der Waals surface area contributed by atoms with Gasteiger partial charge in [-0.3, -0.25) is 4.79 Å². The van der Waals surface area contributed by atoms with Crippen LogP contribution < -0.4 is 4.74 Å². The van der Waals surface area contributed by atoms with Gasteiger partial charge in [0.1, 0.15) is 0 Å². The maximum atomic E-state index is 13.7. The number of thioether (sulfide) groups is 1. The third-order valence-corrected chi connectivity index (χ3v) is 4.12. The molecule has 0 spiro atoms. The number of amides is 1. The molecule has 0 saturated heterocycles. The van der Waals surface area contributed by atoms with Gasteiger partial charge < -0.3 is 9.64 Å². The number of rotatable bonds is 6. The van der Waals surface area contributed by atoms with E-state index in [9.17, 15) is 9.18 Å². The lowest BCUT2D eigenvalue weighted by Crippen LogP contribution is -2.26. The highest BCUT2D eigenvalue weighted by Crippen LogP contribution is 2.19. The van der Waals surface area contributed by atoms with E-state index < -0.39 is 5.82 Å². The van der Waals surface area contributed by atoms with E-state index in [0.29, 0.717) is 12.1 Å². The summed E-state index contributed by atoms with van der Waals surface area (Å²) in [7, 11) is 3.13. The Balaban J connectivity index is 2.06. The van der Waals surface area contributed by atoms with Crippen LogP contribution in [0.15, 0.2) is 42.5 Å². The average Bonchev–Trinajstić information content (AvgIpc) is 2.55. The van der Waals surface area contributed by atoms with Crippen molar-refractivity contribution < 1.29 is 13.9 Å². The number of hydrogen-bond donors (Lipinski definition) is 0. The molecule has 0 aliphatic rings. The summed E-state index contributed by atoms with van der Waals surface area (Å²) in [5.41, 5.74) is 2.54. The van der Waals surface area contributed by atoms with Crippen molar-refractivity contribution in [1.82, 2.24) is 4.90 Å². The molecule has 0 aromatic heterocycles. The van der Waals surface area contributed by atoms with E-state index in [1.807, 2.05) is 30.5 Å². The molecule has 0 unspecified atom stereocenters. The van der Waals surface area contributed by atoms with Crippen LogP contribution in [0.2, 0.25) is 0 Å². The Kier molecular flexibility index (Phi) is 6.04. The highest BCUT2D eigenvalue weighted by atomic mass is 32.2. The van der Waals surface area contributed by atoms with Crippen molar-refractivity contribution in [3.05, 3.63) is 65.0 Å². The van der Waals surface area contributed by atoms with Gasteiger partial charge in [-0.1, -0.05) is 18.2 Å². The Hall–Kier alpha value is -2.01. The highest BCUT2D eigenvalue weighted by Gasteiger charge is 2.13. The summed E-state index contributed by atoms with van der Waals surface area (Å²) in [6.45, 7) is 0.340. The van der Waals surface area contributed by atoms with Crippen molar-refractivity contribution in [3.8, 4) is 5.75 Å². The van der Waals surface area contributed by atoms with Gasteiger partial charge in [0, 0.05) is 24.9 Å². The molecule has 2 aromatic rings. The minimum Gasteiger partial charge on any atom is -0.494 e. The molecule has 0 atom stereocenters. The normalized spacial score (nSPS) is 10.4. The molecule has 0 N–H and O–H groups in total. The molecule has 122 valence electrons. The van der Waals surface area contributed by atoms with Gasteiger partial charge in [0.2, 0.25) is 0 Å². The van der Waals surface area contributed by atoms with Crippen molar-refractivity contribution in [2.24, 2.45) is 0 Å². The first-order valence-corrected chi connectivity index (χ1v) is 8.60. The fraction of sp³-hybridized carbons (Fsp3) is 0.278. The molecule has 2 aromatic carbocycles. The average molecular weight is 333 g/mol. The maximum absolute atomic E-state index is 13.7. The van der Waals surface area contributed by atoms with Gasteiger partial charge >= 0.3 is 0 Å². The van der Waals surface area contributed by atoms with Crippen molar-refractivity contribution in [2.45, 2.75) is 12.3 Å². The second-order valence-electron chi connectivity index (χ2n) is 5.26. The van der Waals surface area contributed by atoms with Crippen molar-refractivity contribution in [2.75, 3.05) is 20.4 Å². The Bertz CT molecular complexity index is 673. The van der Waals surface area contributed by atoms with E-state index >= 15 is 0 Å². The highest BCUT2D eigenvalue weighted by molar-refractivity contribution is 7.97. The Morgan fingerprint density at radius 3 is 2.39 bits per heavy atom. The minimum atomic E-state index is -0.424. The predicted molar refractivity (Wildman–Crippen MR) is 92.4 cm³/mol. The molecule has 5 heteroatoms. The number of hydrogen-bond acceptors (Lipinski definition) is 3. The topological polar surface area (TPSA) is 29.5 Å². The summed E-state index contributed by atoms with van der Waals surface area (Å²) < 4.78 is 18.6. The zero-order valence-corrected chi connectivity index (χ0v) is 14.3. The lowest BCUT2D eigenvalue weighted by atomic mass is 10.1. The summed E-state index contributed by atoms with van der Waals surface area (Å²) >= 11 is 1.74. The quantitative estimate of drug-likeness (QED) is 0.801. The zero-order chi connectivity index (χ0) is 16.8. The summed E-state index contributed by atoms with van der Waals surface area (Å²) in [6, 6.07) is 12.3. The molecule has 2 rings (SSSR count). The number of benzene rings is 2. The van der Waals surface area contributed by atoms with Crippen molar-refractivity contribution in [1.29, 1.82) is 0 Å². The van der Waals surface area contributed by atoms with Gasteiger partial charge in [-0.25, -0.2) is 4.39 Å².